The van der Waals surface area contributed by atoms with Crippen LogP contribution in [0.4, 0.5) is 5.69 Å². The summed E-state index contributed by atoms with van der Waals surface area (Å²) in [5.41, 5.74) is 0.973. The van der Waals surface area contributed by atoms with Crippen LogP contribution in [0.25, 0.3) is 0 Å². The van der Waals surface area contributed by atoms with Gasteiger partial charge in [-0.1, -0.05) is 6.07 Å². The molecule has 0 saturated carbocycles. The smallest absolute Gasteiger partial charge is 0.233 e. The minimum absolute atomic E-state index is 0.223. The number of hydrogen-bond donors (Lipinski definition) is 2. The summed E-state index contributed by atoms with van der Waals surface area (Å²) >= 11 is 0. The van der Waals surface area contributed by atoms with E-state index in [0.29, 0.717) is 17.8 Å². The molecule has 6 heteroatoms. The number of carbonyl (C=O) groups excluding carboxylic acids is 2. The van der Waals surface area contributed by atoms with Crippen LogP contribution >= 0.6 is 0 Å². The van der Waals surface area contributed by atoms with Gasteiger partial charge in [-0.15, -0.1) is 0 Å². The van der Waals surface area contributed by atoms with E-state index in [2.05, 4.69) is 10.6 Å². The van der Waals surface area contributed by atoms with E-state index < -0.39 is 5.91 Å². The molecule has 112 valence electrons. The molecule has 0 fully saturated rings. The fraction of sp³-hybridized carbons (Fsp3) is 0.400. The first kappa shape index (κ1) is 16.7. The molecule has 0 radical (unpaired) electrons. The molecule has 0 unspecified atom stereocenters. The number of nitrogens with zero attached hydrogens (tertiary/aromatic N) is 2. The van der Waals surface area contributed by atoms with Gasteiger partial charge in [0.05, 0.1) is 11.6 Å². The molecular weight excluding hydrogens is 268 g/mol. The molecule has 1 aromatic carbocycles. The van der Waals surface area contributed by atoms with E-state index in [1.54, 1.807) is 24.3 Å². The third-order valence-corrected chi connectivity index (χ3v) is 2.70. The first-order valence-corrected chi connectivity index (χ1v) is 6.72. The minimum atomic E-state index is -0.393. The average Bonchev–Trinajstić information content (AvgIpc) is 2.43. The summed E-state index contributed by atoms with van der Waals surface area (Å²) in [5.74, 6) is -0.696. The molecule has 21 heavy (non-hydrogen) atoms. The van der Waals surface area contributed by atoms with Crippen molar-refractivity contribution in [3.63, 3.8) is 0 Å². The van der Waals surface area contributed by atoms with Crippen LogP contribution in [0, 0.1) is 11.3 Å². The Morgan fingerprint density at radius 2 is 2.05 bits per heavy atom. The van der Waals surface area contributed by atoms with Crippen molar-refractivity contribution >= 4 is 17.5 Å². The molecule has 1 aromatic rings. The zero-order chi connectivity index (χ0) is 15.7. The van der Waals surface area contributed by atoms with Crippen LogP contribution in [-0.4, -0.2) is 43.9 Å². The normalized spacial score (nSPS) is 10.0. The highest BCUT2D eigenvalue weighted by Crippen LogP contribution is 2.09. The molecule has 6 nitrogen and oxygen atoms in total. The molecule has 0 aromatic heterocycles. The van der Waals surface area contributed by atoms with E-state index in [-0.39, 0.29) is 12.3 Å². The highest BCUT2D eigenvalue weighted by molar-refractivity contribution is 6.03. The Morgan fingerprint density at radius 3 is 2.71 bits per heavy atom. The van der Waals surface area contributed by atoms with Crippen molar-refractivity contribution in [1.29, 1.82) is 5.26 Å². The Morgan fingerprint density at radius 1 is 1.29 bits per heavy atom. The quantitative estimate of drug-likeness (QED) is 0.578. The second-order valence-electron chi connectivity index (χ2n) is 4.92. The number of benzene rings is 1. The summed E-state index contributed by atoms with van der Waals surface area (Å²) in [6, 6.07) is 8.55. The Kier molecular flexibility index (Phi) is 6.92. The van der Waals surface area contributed by atoms with Crippen molar-refractivity contribution in [2.75, 3.05) is 32.5 Å². The number of nitriles is 1. The predicted molar refractivity (Wildman–Crippen MR) is 80.6 cm³/mol. The van der Waals surface area contributed by atoms with Crippen molar-refractivity contribution in [3.8, 4) is 6.07 Å². The van der Waals surface area contributed by atoms with Crippen molar-refractivity contribution < 1.29 is 9.59 Å². The van der Waals surface area contributed by atoms with Gasteiger partial charge in [0, 0.05) is 12.2 Å². The Hall–Kier alpha value is -2.39. The lowest BCUT2D eigenvalue weighted by molar-refractivity contribution is -0.126. The van der Waals surface area contributed by atoms with Crippen molar-refractivity contribution in [1.82, 2.24) is 10.2 Å². The third-order valence-electron chi connectivity index (χ3n) is 2.70. The van der Waals surface area contributed by atoms with Crippen LogP contribution in [0.1, 0.15) is 18.4 Å². The van der Waals surface area contributed by atoms with Crippen molar-refractivity contribution in [2.24, 2.45) is 0 Å². The van der Waals surface area contributed by atoms with Gasteiger partial charge in [-0.3, -0.25) is 9.59 Å². The Labute approximate surface area is 124 Å². The van der Waals surface area contributed by atoms with Crippen LogP contribution in [0.15, 0.2) is 24.3 Å². The van der Waals surface area contributed by atoms with Crippen molar-refractivity contribution in [3.05, 3.63) is 29.8 Å². The van der Waals surface area contributed by atoms with Gasteiger partial charge < -0.3 is 15.5 Å². The lowest BCUT2D eigenvalue weighted by atomic mass is 10.2. The molecule has 2 N–H and O–H groups in total. The SMILES string of the molecule is CN(C)CCCNC(=O)CC(=O)Nc1cccc(C#N)c1. The second kappa shape index (κ2) is 8.72. The average molecular weight is 288 g/mol. The molecular formula is C15H20N4O2. The van der Waals surface area contributed by atoms with Gasteiger partial charge in [-0.05, 0) is 45.3 Å². The van der Waals surface area contributed by atoms with Gasteiger partial charge in [0.2, 0.25) is 11.8 Å². The number of anilines is 1. The molecule has 0 aliphatic heterocycles. The standard InChI is InChI=1S/C15H20N4O2/c1-19(2)8-4-7-17-14(20)10-15(21)18-13-6-3-5-12(9-13)11-16/h3,5-6,9H,4,7-8,10H2,1-2H3,(H,17,20)(H,18,21). The molecule has 1 rings (SSSR count). The molecule has 0 aliphatic carbocycles. The largest absolute Gasteiger partial charge is 0.356 e. The molecule has 2 amide bonds. The van der Waals surface area contributed by atoms with E-state index in [1.165, 1.54) is 0 Å². The molecule has 0 atom stereocenters. The number of rotatable bonds is 7. The number of hydrogen-bond acceptors (Lipinski definition) is 4. The van der Waals surface area contributed by atoms with Gasteiger partial charge in [0.15, 0.2) is 0 Å². The zero-order valence-electron chi connectivity index (χ0n) is 12.3. The minimum Gasteiger partial charge on any atom is -0.356 e. The summed E-state index contributed by atoms with van der Waals surface area (Å²) in [4.78, 5) is 25.3. The van der Waals surface area contributed by atoms with Gasteiger partial charge in [0.25, 0.3) is 0 Å². The van der Waals surface area contributed by atoms with Gasteiger partial charge in [-0.25, -0.2) is 0 Å². The Balaban J connectivity index is 2.32. The molecule has 0 heterocycles. The molecule has 0 bridgehead atoms. The fourth-order valence-electron chi connectivity index (χ4n) is 1.70. The van der Waals surface area contributed by atoms with E-state index >= 15 is 0 Å². The summed E-state index contributed by atoms with van der Waals surface area (Å²) in [7, 11) is 3.93. The predicted octanol–water partition coefficient (Wildman–Crippen LogP) is 0.955. The molecule has 0 spiro atoms. The van der Waals surface area contributed by atoms with Crippen LogP contribution < -0.4 is 10.6 Å². The van der Waals surface area contributed by atoms with Crippen LogP contribution in [-0.2, 0) is 9.59 Å². The maximum Gasteiger partial charge on any atom is 0.233 e. The highest BCUT2D eigenvalue weighted by atomic mass is 16.2. The summed E-state index contributed by atoms with van der Waals surface area (Å²) in [5, 5.41) is 14.1. The van der Waals surface area contributed by atoms with Gasteiger partial charge >= 0.3 is 0 Å². The zero-order valence-corrected chi connectivity index (χ0v) is 12.3. The lowest BCUT2D eigenvalue weighted by Gasteiger charge is -2.10. The third kappa shape index (κ3) is 7.09. The molecule has 0 aliphatic rings. The topological polar surface area (TPSA) is 85.2 Å². The highest BCUT2D eigenvalue weighted by Gasteiger charge is 2.09. The van der Waals surface area contributed by atoms with E-state index in [1.807, 2.05) is 25.1 Å². The lowest BCUT2D eigenvalue weighted by Crippen LogP contribution is -2.30. The molecule has 0 saturated heterocycles. The maximum absolute atomic E-state index is 11.7. The van der Waals surface area contributed by atoms with Crippen LogP contribution in [0.5, 0.6) is 0 Å². The van der Waals surface area contributed by atoms with E-state index in [0.717, 1.165) is 13.0 Å². The second-order valence-corrected chi connectivity index (χ2v) is 4.92. The van der Waals surface area contributed by atoms with Gasteiger partial charge in [-0.2, -0.15) is 5.26 Å². The monoisotopic (exact) mass is 288 g/mol. The Bertz CT molecular complexity index is 535. The number of amides is 2. The summed E-state index contributed by atoms with van der Waals surface area (Å²) < 4.78 is 0. The van der Waals surface area contributed by atoms with Crippen molar-refractivity contribution in [2.45, 2.75) is 12.8 Å². The van der Waals surface area contributed by atoms with E-state index in [4.69, 9.17) is 5.26 Å². The fourth-order valence-corrected chi connectivity index (χ4v) is 1.70. The van der Waals surface area contributed by atoms with Gasteiger partial charge in [0.1, 0.15) is 6.42 Å². The van der Waals surface area contributed by atoms with E-state index in [9.17, 15) is 9.59 Å². The maximum atomic E-state index is 11.7. The summed E-state index contributed by atoms with van der Waals surface area (Å²) in [6.45, 7) is 1.43. The first-order valence-electron chi connectivity index (χ1n) is 6.72. The number of nitrogens with one attached hydrogen (secondary N) is 2. The summed E-state index contributed by atoms with van der Waals surface area (Å²) in [6.07, 6.45) is 0.614. The number of carbonyl (C=O) groups is 2. The van der Waals surface area contributed by atoms with Crippen LogP contribution in [0.2, 0.25) is 0 Å². The first-order chi connectivity index (χ1) is 10.0. The van der Waals surface area contributed by atoms with Crippen LogP contribution in [0.3, 0.4) is 0 Å².